The number of nitrogens with zero attached hydrogens (tertiary/aromatic N) is 3. The van der Waals surface area contributed by atoms with E-state index in [0.717, 1.165) is 4.90 Å². The summed E-state index contributed by atoms with van der Waals surface area (Å²) in [6, 6.07) is 1.42. The number of anilines is 1. The van der Waals surface area contributed by atoms with Crippen LogP contribution in [0.1, 0.15) is 0 Å². The van der Waals surface area contributed by atoms with Gasteiger partial charge in [-0.05, 0) is 6.07 Å². The van der Waals surface area contributed by atoms with E-state index in [1.54, 1.807) is 0 Å². The molecule has 0 amide bonds. The number of nitrogens with two attached hydrogens (primary N) is 1. The highest BCUT2D eigenvalue weighted by molar-refractivity contribution is 5.36. The molecule has 0 aliphatic heterocycles. The molecule has 0 aliphatic rings. The smallest absolute Gasteiger partial charge is 0.346 e. The van der Waals surface area contributed by atoms with Gasteiger partial charge in [-0.3, -0.25) is 0 Å². The van der Waals surface area contributed by atoms with Crippen LogP contribution in [-0.2, 0) is 0 Å². The lowest BCUT2D eigenvalue weighted by atomic mass is 10.4. The summed E-state index contributed by atoms with van der Waals surface area (Å²) in [7, 11) is 0. The van der Waals surface area contributed by atoms with Crippen LogP contribution in [0.2, 0.25) is 0 Å². The largest absolute Gasteiger partial charge is 0.405 e. The van der Waals surface area contributed by atoms with Gasteiger partial charge in [0.1, 0.15) is 18.7 Å². The van der Waals surface area contributed by atoms with Gasteiger partial charge in [-0.15, -0.1) is 0 Å². The minimum absolute atomic E-state index is 0.108. The molecule has 0 bridgehead atoms. The van der Waals surface area contributed by atoms with Crippen molar-refractivity contribution in [3.8, 4) is 0 Å². The van der Waals surface area contributed by atoms with Crippen LogP contribution in [0.5, 0.6) is 0 Å². The van der Waals surface area contributed by atoms with E-state index in [-0.39, 0.29) is 18.9 Å². The molecule has 84 valence electrons. The molecule has 4 nitrogen and oxygen atoms in total. The van der Waals surface area contributed by atoms with Crippen LogP contribution < -0.4 is 10.6 Å². The van der Waals surface area contributed by atoms with Gasteiger partial charge in [-0.2, -0.15) is 13.2 Å². The molecule has 0 fully saturated rings. The zero-order valence-electron chi connectivity index (χ0n) is 7.91. The normalized spacial score (nSPS) is 11.5. The van der Waals surface area contributed by atoms with Crippen molar-refractivity contribution in [2.75, 3.05) is 24.5 Å². The molecule has 1 heterocycles. The van der Waals surface area contributed by atoms with Crippen LogP contribution in [0.15, 0.2) is 18.6 Å². The summed E-state index contributed by atoms with van der Waals surface area (Å²) in [5.74, 6) is 0.229. The van der Waals surface area contributed by atoms with Crippen LogP contribution >= 0.6 is 0 Å². The van der Waals surface area contributed by atoms with E-state index in [0.29, 0.717) is 0 Å². The quantitative estimate of drug-likeness (QED) is 0.815. The molecular weight excluding hydrogens is 209 g/mol. The summed E-state index contributed by atoms with van der Waals surface area (Å²) >= 11 is 0. The Hall–Kier alpha value is -1.37. The average Bonchev–Trinajstić information content (AvgIpc) is 2.17. The van der Waals surface area contributed by atoms with E-state index >= 15 is 0 Å². The first-order chi connectivity index (χ1) is 7.03. The van der Waals surface area contributed by atoms with Crippen molar-refractivity contribution in [3.05, 3.63) is 18.6 Å². The van der Waals surface area contributed by atoms with Gasteiger partial charge in [0.15, 0.2) is 0 Å². The summed E-state index contributed by atoms with van der Waals surface area (Å²) in [6.07, 6.45) is -1.67. The number of hydrogen-bond acceptors (Lipinski definition) is 4. The van der Waals surface area contributed by atoms with Crippen molar-refractivity contribution in [2.45, 2.75) is 6.18 Å². The van der Waals surface area contributed by atoms with Crippen LogP contribution in [0.4, 0.5) is 19.0 Å². The van der Waals surface area contributed by atoms with Gasteiger partial charge < -0.3 is 10.6 Å². The predicted molar refractivity (Wildman–Crippen MR) is 49.4 cm³/mol. The first-order valence-electron chi connectivity index (χ1n) is 4.31. The van der Waals surface area contributed by atoms with Gasteiger partial charge in [-0.25, -0.2) is 9.97 Å². The second kappa shape index (κ2) is 4.92. The van der Waals surface area contributed by atoms with Crippen molar-refractivity contribution in [1.82, 2.24) is 9.97 Å². The molecule has 2 N–H and O–H groups in total. The molecule has 1 aromatic rings. The van der Waals surface area contributed by atoms with Crippen molar-refractivity contribution in [3.63, 3.8) is 0 Å². The third kappa shape index (κ3) is 4.11. The lowest BCUT2D eigenvalue weighted by Gasteiger charge is -2.23. The summed E-state index contributed by atoms with van der Waals surface area (Å²) in [6.45, 7) is -0.808. The van der Waals surface area contributed by atoms with Crippen molar-refractivity contribution in [2.24, 2.45) is 5.73 Å². The third-order valence-electron chi connectivity index (χ3n) is 1.66. The second-order valence-electron chi connectivity index (χ2n) is 2.89. The molecule has 0 radical (unpaired) electrons. The number of hydrogen-bond donors (Lipinski definition) is 1. The SMILES string of the molecule is NCCN(CC(F)(F)F)c1ccncn1. The molecule has 0 atom stereocenters. The number of rotatable bonds is 4. The van der Waals surface area contributed by atoms with Gasteiger partial charge in [0.2, 0.25) is 0 Å². The van der Waals surface area contributed by atoms with Crippen molar-refractivity contribution >= 4 is 5.82 Å². The lowest BCUT2D eigenvalue weighted by Crippen LogP contribution is -2.38. The Balaban J connectivity index is 2.75. The maximum atomic E-state index is 12.2. The Bertz CT molecular complexity index is 288. The molecule has 0 aliphatic carbocycles. The van der Waals surface area contributed by atoms with Gasteiger partial charge in [0.05, 0.1) is 0 Å². The molecule has 15 heavy (non-hydrogen) atoms. The van der Waals surface area contributed by atoms with Crippen LogP contribution in [-0.4, -0.2) is 35.8 Å². The topological polar surface area (TPSA) is 55.0 Å². The van der Waals surface area contributed by atoms with Crippen LogP contribution in [0.3, 0.4) is 0 Å². The molecular formula is C8H11F3N4. The summed E-state index contributed by atoms with van der Waals surface area (Å²) in [5, 5.41) is 0. The highest BCUT2D eigenvalue weighted by Crippen LogP contribution is 2.19. The molecule has 1 aromatic heterocycles. The first kappa shape index (κ1) is 11.7. The zero-order valence-corrected chi connectivity index (χ0v) is 7.91. The fraction of sp³-hybridized carbons (Fsp3) is 0.500. The highest BCUT2D eigenvalue weighted by Gasteiger charge is 2.30. The Morgan fingerprint density at radius 1 is 1.40 bits per heavy atom. The maximum absolute atomic E-state index is 12.2. The molecule has 0 saturated carbocycles. The number of halogens is 3. The zero-order chi connectivity index (χ0) is 11.3. The Morgan fingerprint density at radius 3 is 2.60 bits per heavy atom. The van der Waals surface area contributed by atoms with Gasteiger partial charge >= 0.3 is 6.18 Å². The van der Waals surface area contributed by atoms with Crippen LogP contribution in [0, 0.1) is 0 Å². The first-order valence-corrected chi connectivity index (χ1v) is 4.31. The fourth-order valence-electron chi connectivity index (χ4n) is 1.12. The molecule has 0 saturated heterocycles. The maximum Gasteiger partial charge on any atom is 0.405 e. The lowest BCUT2D eigenvalue weighted by molar-refractivity contribution is -0.119. The van der Waals surface area contributed by atoms with Crippen molar-refractivity contribution in [1.29, 1.82) is 0 Å². The molecule has 7 heteroatoms. The molecule has 0 unspecified atom stereocenters. The van der Waals surface area contributed by atoms with Gasteiger partial charge in [-0.1, -0.05) is 0 Å². The summed E-state index contributed by atoms with van der Waals surface area (Å²) < 4.78 is 36.6. The van der Waals surface area contributed by atoms with E-state index in [9.17, 15) is 13.2 Å². The third-order valence-corrected chi connectivity index (χ3v) is 1.66. The Labute approximate surface area is 84.9 Å². The summed E-state index contributed by atoms with van der Waals surface area (Å²) in [4.78, 5) is 8.45. The average molecular weight is 220 g/mol. The van der Waals surface area contributed by atoms with Gasteiger partial charge in [0, 0.05) is 19.3 Å². The molecule has 0 spiro atoms. The number of alkyl halides is 3. The van der Waals surface area contributed by atoms with Crippen molar-refractivity contribution < 1.29 is 13.2 Å². The molecule has 1 rings (SSSR count). The Kier molecular flexibility index (Phi) is 3.84. The Morgan fingerprint density at radius 2 is 2.13 bits per heavy atom. The predicted octanol–water partition coefficient (Wildman–Crippen LogP) is 0.804. The second-order valence-corrected chi connectivity index (χ2v) is 2.89. The minimum Gasteiger partial charge on any atom is -0.346 e. The van der Waals surface area contributed by atoms with E-state index in [1.165, 1.54) is 18.6 Å². The summed E-state index contributed by atoms with van der Waals surface area (Å²) in [5.41, 5.74) is 5.23. The van der Waals surface area contributed by atoms with E-state index < -0.39 is 12.7 Å². The van der Waals surface area contributed by atoms with E-state index in [2.05, 4.69) is 9.97 Å². The van der Waals surface area contributed by atoms with E-state index in [4.69, 9.17) is 5.73 Å². The standard InChI is InChI=1S/C8H11F3N4/c9-8(10,11)5-15(4-2-12)7-1-3-13-6-14-7/h1,3,6H,2,4-5,12H2. The number of aromatic nitrogens is 2. The van der Waals surface area contributed by atoms with Crippen LogP contribution in [0.25, 0.3) is 0 Å². The minimum atomic E-state index is -4.26. The molecule has 0 aromatic carbocycles. The van der Waals surface area contributed by atoms with Gasteiger partial charge in [0.25, 0.3) is 0 Å². The highest BCUT2D eigenvalue weighted by atomic mass is 19.4. The van der Waals surface area contributed by atoms with E-state index in [1.807, 2.05) is 0 Å². The monoisotopic (exact) mass is 220 g/mol. The fourth-order valence-corrected chi connectivity index (χ4v) is 1.12.